The van der Waals surface area contributed by atoms with Crippen LogP contribution in [0.15, 0.2) is 46.6 Å². The Bertz CT molecular complexity index is 803. The van der Waals surface area contributed by atoms with Gasteiger partial charge in [-0.15, -0.1) is 32.9 Å². The van der Waals surface area contributed by atoms with Crippen LogP contribution >= 0.6 is 34.3 Å². The van der Waals surface area contributed by atoms with E-state index in [2.05, 4.69) is 27.3 Å². The third-order valence-electron chi connectivity index (χ3n) is 3.65. The second-order valence-corrected chi connectivity index (χ2v) is 7.96. The average Bonchev–Trinajstić information content (AvgIpc) is 3.11. The molecule has 1 aromatic carbocycles. The molecule has 0 amide bonds. The van der Waals surface area contributed by atoms with Crippen molar-refractivity contribution in [1.82, 2.24) is 0 Å². The molecule has 1 fully saturated rings. The van der Waals surface area contributed by atoms with Crippen LogP contribution in [0.2, 0.25) is 4.34 Å². The Morgan fingerprint density at radius 3 is 2.43 bits per heavy atom. The summed E-state index contributed by atoms with van der Waals surface area (Å²) in [6.07, 6.45) is 0. The van der Waals surface area contributed by atoms with Gasteiger partial charge >= 0.3 is 0 Å². The Morgan fingerprint density at radius 2 is 1.70 bits per heavy atom. The molecule has 4 rings (SSSR count). The van der Waals surface area contributed by atoms with Gasteiger partial charge < -0.3 is 9.64 Å². The summed E-state index contributed by atoms with van der Waals surface area (Å²) < 4.78 is 8.52. The zero-order chi connectivity index (χ0) is 15.6. The van der Waals surface area contributed by atoms with Crippen LogP contribution in [-0.4, -0.2) is 26.3 Å². The standard InChI is InChI=1S/C16H14ClN3OS2/c17-15-9-13-14(22-15)10-16(23-13)19-18-11-1-3-12(4-2-11)20-5-7-21-8-6-20/h1-4,9-10H,5-8H2. The van der Waals surface area contributed by atoms with Gasteiger partial charge in [-0.2, -0.15) is 0 Å². The zero-order valence-electron chi connectivity index (χ0n) is 12.2. The van der Waals surface area contributed by atoms with Gasteiger partial charge in [-0.05, 0) is 36.4 Å². The van der Waals surface area contributed by atoms with E-state index in [0.29, 0.717) is 0 Å². The maximum Gasteiger partial charge on any atom is 0.140 e. The van der Waals surface area contributed by atoms with Crippen LogP contribution in [0.3, 0.4) is 0 Å². The summed E-state index contributed by atoms with van der Waals surface area (Å²) in [5.74, 6) is 0. The third-order valence-corrected chi connectivity index (χ3v) is 5.96. The highest BCUT2D eigenvalue weighted by Crippen LogP contribution is 2.39. The van der Waals surface area contributed by atoms with E-state index in [1.165, 1.54) is 5.69 Å². The third kappa shape index (κ3) is 3.40. The van der Waals surface area contributed by atoms with Crippen LogP contribution in [-0.2, 0) is 4.74 Å². The molecule has 2 aromatic heterocycles. The molecule has 118 valence electrons. The number of nitrogens with zero attached hydrogens (tertiary/aromatic N) is 3. The predicted molar refractivity (Wildman–Crippen MR) is 98.4 cm³/mol. The molecule has 4 nitrogen and oxygen atoms in total. The number of azo groups is 1. The van der Waals surface area contributed by atoms with Crippen molar-refractivity contribution in [3.05, 3.63) is 40.7 Å². The lowest BCUT2D eigenvalue weighted by Gasteiger charge is -2.28. The van der Waals surface area contributed by atoms with Crippen molar-refractivity contribution >= 4 is 60.1 Å². The topological polar surface area (TPSA) is 37.2 Å². The van der Waals surface area contributed by atoms with Gasteiger partial charge in [0.05, 0.1) is 23.2 Å². The van der Waals surface area contributed by atoms with Gasteiger partial charge in [-0.3, -0.25) is 0 Å². The first-order chi connectivity index (χ1) is 11.3. The molecule has 0 aliphatic carbocycles. The molecule has 0 spiro atoms. The number of ether oxygens (including phenoxy) is 1. The molecule has 0 bridgehead atoms. The maximum absolute atomic E-state index is 5.99. The molecule has 23 heavy (non-hydrogen) atoms. The second-order valence-electron chi connectivity index (χ2n) is 5.18. The second kappa shape index (κ2) is 6.57. The van der Waals surface area contributed by atoms with Crippen LogP contribution in [0.25, 0.3) is 9.40 Å². The lowest BCUT2D eigenvalue weighted by molar-refractivity contribution is 0.122. The van der Waals surface area contributed by atoms with Crippen molar-refractivity contribution < 1.29 is 4.74 Å². The van der Waals surface area contributed by atoms with Gasteiger partial charge in [0.1, 0.15) is 5.00 Å². The number of rotatable bonds is 3. The smallest absolute Gasteiger partial charge is 0.140 e. The number of morpholine rings is 1. The van der Waals surface area contributed by atoms with Crippen molar-refractivity contribution in [2.24, 2.45) is 10.2 Å². The molecule has 0 saturated carbocycles. The predicted octanol–water partition coefficient (Wildman–Crippen LogP) is 5.87. The van der Waals surface area contributed by atoms with E-state index in [9.17, 15) is 0 Å². The SMILES string of the molecule is Clc1cc2sc(N=Nc3ccc(N4CCOCC4)cc3)cc2s1. The summed E-state index contributed by atoms with van der Waals surface area (Å²) in [7, 11) is 0. The molecule has 0 unspecified atom stereocenters. The summed E-state index contributed by atoms with van der Waals surface area (Å²) >= 11 is 9.17. The summed E-state index contributed by atoms with van der Waals surface area (Å²) in [6.45, 7) is 3.46. The number of hydrogen-bond acceptors (Lipinski definition) is 6. The normalized spacial score (nSPS) is 15.8. The van der Waals surface area contributed by atoms with Crippen LogP contribution < -0.4 is 4.90 Å². The van der Waals surface area contributed by atoms with Crippen molar-refractivity contribution in [3.8, 4) is 0 Å². The number of anilines is 1. The first-order valence-corrected chi connectivity index (χ1v) is 9.32. The number of hydrogen-bond donors (Lipinski definition) is 0. The Labute approximate surface area is 147 Å². The Balaban J connectivity index is 1.48. The van der Waals surface area contributed by atoms with Crippen molar-refractivity contribution in [2.75, 3.05) is 31.2 Å². The van der Waals surface area contributed by atoms with Gasteiger partial charge in [-0.1, -0.05) is 11.6 Å². The van der Waals surface area contributed by atoms with E-state index in [1.807, 2.05) is 24.3 Å². The fourth-order valence-electron chi connectivity index (χ4n) is 2.50. The van der Waals surface area contributed by atoms with E-state index in [-0.39, 0.29) is 0 Å². The lowest BCUT2D eigenvalue weighted by Crippen LogP contribution is -2.36. The number of thiophene rings is 2. The highest BCUT2D eigenvalue weighted by atomic mass is 35.5. The summed E-state index contributed by atoms with van der Waals surface area (Å²) in [4.78, 5) is 2.32. The van der Waals surface area contributed by atoms with Crippen molar-refractivity contribution in [2.45, 2.75) is 0 Å². The Hall–Kier alpha value is -1.47. The molecule has 1 aliphatic heterocycles. The molecule has 7 heteroatoms. The molecule has 1 aliphatic rings. The number of halogens is 1. The monoisotopic (exact) mass is 363 g/mol. The van der Waals surface area contributed by atoms with E-state index in [0.717, 1.165) is 50.7 Å². The fourth-order valence-corrected chi connectivity index (χ4v) is 4.86. The van der Waals surface area contributed by atoms with Crippen LogP contribution in [0.5, 0.6) is 0 Å². The Morgan fingerprint density at radius 1 is 0.957 bits per heavy atom. The summed E-state index contributed by atoms with van der Waals surface area (Å²) in [6, 6.07) is 12.2. The first kappa shape index (κ1) is 15.1. The molecule has 0 atom stereocenters. The van der Waals surface area contributed by atoms with Gasteiger partial charge in [0.15, 0.2) is 0 Å². The van der Waals surface area contributed by atoms with Gasteiger partial charge in [-0.25, -0.2) is 0 Å². The van der Waals surface area contributed by atoms with E-state index < -0.39 is 0 Å². The zero-order valence-corrected chi connectivity index (χ0v) is 14.6. The van der Waals surface area contributed by atoms with Crippen LogP contribution in [0.4, 0.5) is 16.4 Å². The molecule has 0 radical (unpaired) electrons. The van der Waals surface area contributed by atoms with E-state index in [1.54, 1.807) is 22.7 Å². The summed E-state index contributed by atoms with van der Waals surface area (Å²) in [5, 5.41) is 9.56. The first-order valence-electron chi connectivity index (χ1n) is 7.31. The molecule has 1 saturated heterocycles. The maximum atomic E-state index is 5.99. The van der Waals surface area contributed by atoms with Crippen LogP contribution in [0.1, 0.15) is 0 Å². The number of benzene rings is 1. The van der Waals surface area contributed by atoms with Crippen LogP contribution in [0, 0.1) is 0 Å². The average molecular weight is 364 g/mol. The van der Waals surface area contributed by atoms with Crippen molar-refractivity contribution in [1.29, 1.82) is 0 Å². The highest BCUT2D eigenvalue weighted by molar-refractivity contribution is 7.31. The van der Waals surface area contributed by atoms with E-state index in [4.69, 9.17) is 16.3 Å². The van der Waals surface area contributed by atoms with Crippen molar-refractivity contribution in [3.63, 3.8) is 0 Å². The molecular weight excluding hydrogens is 350 g/mol. The molecular formula is C16H14ClN3OS2. The van der Waals surface area contributed by atoms with Gasteiger partial charge in [0.25, 0.3) is 0 Å². The highest BCUT2D eigenvalue weighted by Gasteiger charge is 2.10. The fraction of sp³-hybridized carbons (Fsp3) is 0.250. The van der Waals surface area contributed by atoms with Gasteiger partial charge in [0.2, 0.25) is 0 Å². The van der Waals surface area contributed by atoms with E-state index >= 15 is 0 Å². The minimum atomic E-state index is 0.793. The molecule has 0 N–H and O–H groups in total. The summed E-state index contributed by atoms with van der Waals surface area (Å²) in [5.41, 5.74) is 2.07. The molecule has 3 aromatic rings. The lowest BCUT2D eigenvalue weighted by atomic mass is 10.2. The van der Waals surface area contributed by atoms with Gasteiger partial charge in [0, 0.05) is 28.2 Å². The molecule has 3 heterocycles. The minimum absolute atomic E-state index is 0.793. The number of fused-ring (bicyclic) bond motifs is 1. The minimum Gasteiger partial charge on any atom is -0.378 e. The quantitative estimate of drug-likeness (QED) is 0.546. The largest absolute Gasteiger partial charge is 0.378 e. The Kier molecular flexibility index (Phi) is 4.31.